The highest BCUT2D eigenvalue weighted by molar-refractivity contribution is 9.11. The third-order valence-corrected chi connectivity index (χ3v) is 4.76. The Hall–Kier alpha value is 0.0600. The highest BCUT2D eigenvalue weighted by Gasteiger charge is 2.17. The maximum atomic E-state index is 5.88. The highest BCUT2D eigenvalue weighted by atomic mass is 79.9. The van der Waals surface area contributed by atoms with Gasteiger partial charge in [-0.3, -0.25) is 0 Å². The Balaban J connectivity index is 1.94. The molecule has 1 aromatic rings. The molecule has 3 N–H and O–H groups in total. The van der Waals surface area contributed by atoms with Crippen molar-refractivity contribution in [2.24, 2.45) is 5.73 Å². The van der Waals surface area contributed by atoms with Gasteiger partial charge in [-0.2, -0.15) is 0 Å². The van der Waals surface area contributed by atoms with Crippen molar-refractivity contribution in [3.8, 4) is 0 Å². The van der Waals surface area contributed by atoms with Gasteiger partial charge in [0.05, 0.1) is 3.79 Å². The van der Waals surface area contributed by atoms with Crippen LogP contribution in [0.4, 0.5) is 0 Å². The van der Waals surface area contributed by atoms with Gasteiger partial charge in [-0.15, -0.1) is 11.3 Å². The molecule has 16 heavy (non-hydrogen) atoms. The quantitative estimate of drug-likeness (QED) is 0.885. The molecule has 1 aromatic heterocycles. The number of nitrogens with zero attached hydrogens (tertiary/aromatic N) is 1. The molecule has 0 radical (unpaired) electrons. The van der Waals surface area contributed by atoms with Crippen LogP contribution in [0.15, 0.2) is 15.9 Å². The molecule has 90 valence electrons. The molecule has 0 bridgehead atoms. The summed E-state index contributed by atoms with van der Waals surface area (Å²) in [5, 5.41) is 3.37. The zero-order valence-corrected chi connectivity index (χ0v) is 11.7. The first kappa shape index (κ1) is 12.5. The molecule has 1 fully saturated rings. The second-order valence-corrected chi connectivity index (χ2v) is 6.62. The maximum absolute atomic E-state index is 5.88. The first-order chi connectivity index (χ1) is 7.79. The SMILES string of the molecule is NCC(CN1CCNCC1)c1ccc(Br)s1. The molecular formula is C11H18BrN3S. The zero-order chi connectivity index (χ0) is 11.4. The van der Waals surface area contributed by atoms with Crippen LogP contribution in [0.2, 0.25) is 0 Å². The van der Waals surface area contributed by atoms with E-state index in [1.165, 1.54) is 8.66 Å². The molecule has 2 heterocycles. The van der Waals surface area contributed by atoms with Crippen LogP contribution in [-0.2, 0) is 0 Å². The van der Waals surface area contributed by atoms with Crippen molar-refractivity contribution in [1.29, 1.82) is 0 Å². The van der Waals surface area contributed by atoms with E-state index in [9.17, 15) is 0 Å². The van der Waals surface area contributed by atoms with Crippen LogP contribution in [0.25, 0.3) is 0 Å². The van der Waals surface area contributed by atoms with E-state index in [1.54, 1.807) is 11.3 Å². The van der Waals surface area contributed by atoms with Gasteiger partial charge in [-0.25, -0.2) is 0 Å². The number of nitrogens with one attached hydrogen (secondary N) is 1. The van der Waals surface area contributed by atoms with Gasteiger partial charge in [0.15, 0.2) is 0 Å². The van der Waals surface area contributed by atoms with Crippen LogP contribution in [0.1, 0.15) is 10.8 Å². The van der Waals surface area contributed by atoms with Crippen LogP contribution in [0.5, 0.6) is 0 Å². The van der Waals surface area contributed by atoms with E-state index in [2.05, 4.69) is 38.3 Å². The molecule has 0 aromatic carbocycles. The molecule has 1 aliphatic rings. The number of hydrogen-bond donors (Lipinski definition) is 2. The minimum Gasteiger partial charge on any atom is -0.330 e. The van der Waals surface area contributed by atoms with Crippen molar-refractivity contribution in [2.75, 3.05) is 39.3 Å². The van der Waals surface area contributed by atoms with E-state index in [4.69, 9.17) is 5.73 Å². The number of piperazine rings is 1. The van der Waals surface area contributed by atoms with Crippen LogP contribution in [0, 0.1) is 0 Å². The monoisotopic (exact) mass is 303 g/mol. The lowest BCUT2D eigenvalue weighted by Crippen LogP contribution is -2.45. The summed E-state index contributed by atoms with van der Waals surface area (Å²) < 4.78 is 1.20. The number of hydrogen-bond acceptors (Lipinski definition) is 4. The molecule has 2 rings (SSSR count). The van der Waals surface area contributed by atoms with Crippen LogP contribution < -0.4 is 11.1 Å². The van der Waals surface area contributed by atoms with E-state index in [0.717, 1.165) is 39.3 Å². The molecule has 0 saturated carbocycles. The number of rotatable bonds is 4. The minimum absolute atomic E-state index is 0.481. The molecule has 0 amide bonds. The fourth-order valence-electron chi connectivity index (χ4n) is 2.03. The Morgan fingerprint density at radius 1 is 1.44 bits per heavy atom. The Labute approximate surface area is 109 Å². The fraction of sp³-hybridized carbons (Fsp3) is 0.636. The Morgan fingerprint density at radius 3 is 2.75 bits per heavy atom. The zero-order valence-electron chi connectivity index (χ0n) is 9.29. The lowest BCUT2D eigenvalue weighted by atomic mass is 10.1. The maximum Gasteiger partial charge on any atom is 0.0701 e. The van der Waals surface area contributed by atoms with Crippen LogP contribution in [0.3, 0.4) is 0 Å². The summed E-state index contributed by atoms with van der Waals surface area (Å²) in [4.78, 5) is 3.90. The molecule has 0 spiro atoms. The third kappa shape index (κ3) is 3.28. The van der Waals surface area contributed by atoms with Gasteiger partial charge in [0.1, 0.15) is 0 Å². The van der Waals surface area contributed by atoms with Crippen molar-refractivity contribution >= 4 is 27.3 Å². The molecule has 1 saturated heterocycles. The average molecular weight is 304 g/mol. The largest absolute Gasteiger partial charge is 0.330 e. The average Bonchev–Trinajstić information content (AvgIpc) is 2.74. The summed E-state index contributed by atoms with van der Waals surface area (Å²) in [6.07, 6.45) is 0. The van der Waals surface area contributed by atoms with Crippen molar-refractivity contribution in [3.05, 3.63) is 20.8 Å². The van der Waals surface area contributed by atoms with Gasteiger partial charge in [0, 0.05) is 50.1 Å². The Bertz CT molecular complexity index is 323. The summed E-state index contributed by atoms with van der Waals surface area (Å²) >= 11 is 5.31. The van der Waals surface area contributed by atoms with Gasteiger partial charge in [-0.1, -0.05) is 0 Å². The first-order valence-corrected chi connectivity index (χ1v) is 7.29. The molecule has 3 nitrogen and oxygen atoms in total. The van der Waals surface area contributed by atoms with Crippen molar-refractivity contribution in [2.45, 2.75) is 5.92 Å². The number of halogens is 1. The molecule has 1 unspecified atom stereocenters. The number of thiophene rings is 1. The molecule has 1 atom stereocenters. The van der Waals surface area contributed by atoms with Crippen molar-refractivity contribution in [1.82, 2.24) is 10.2 Å². The summed E-state index contributed by atoms with van der Waals surface area (Å²) in [6, 6.07) is 4.30. The fourth-order valence-corrected chi connectivity index (χ4v) is 3.56. The molecule has 0 aliphatic carbocycles. The summed E-state index contributed by atoms with van der Waals surface area (Å²) in [5.74, 6) is 0.481. The Kier molecular flexibility index (Phi) is 4.79. The minimum atomic E-state index is 0.481. The van der Waals surface area contributed by atoms with E-state index >= 15 is 0 Å². The second kappa shape index (κ2) is 6.12. The standard InChI is InChI=1S/C11H18BrN3S/c12-11-2-1-10(16-11)9(7-13)8-15-5-3-14-4-6-15/h1-2,9,14H,3-8,13H2. The van der Waals surface area contributed by atoms with E-state index in [0.29, 0.717) is 5.92 Å². The van der Waals surface area contributed by atoms with Gasteiger partial charge < -0.3 is 16.0 Å². The lowest BCUT2D eigenvalue weighted by Gasteiger charge is -2.30. The molecule has 1 aliphatic heterocycles. The molecule has 5 heteroatoms. The molecular weight excluding hydrogens is 286 g/mol. The summed E-state index contributed by atoms with van der Waals surface area (Å²) in [6.45, 7) is 6.31. The van der Waals surface area contributed by atoms with E-state index < -0.39 is 0 Å². The van der Waals surface area contributed by atoms with Gasteiger partial charge >= 0.3 is 0 Å². The Morgan fingerprint density at radius 2 is 2.19 bits per heavy atom. The predicted octanol–water partition coefficient (Wildman–Crippen LogP) is 1.46. The first-order valence-electron chi connectivity index (χ1n) is 5.68. The lowest BCUT2D eigenvalue weighted by molar-refractivity contribution is 0.229. The van der Waals surface area contributed by atoms with E-state index in [1.807, 2.05) is 0 Å². The summed E-state index contributed by atoms with van der Waals surface area (Å²) in [5.41, 5.74) is 5.88. The third-order valence-electron chi connectivity index (χ3n) is 2.97. The van der Waals surface area contributed by atoms with Crippen molar-refractivity contribution in [3.63, 3.8) is 0 Å². The van der Waals surface area contributed by atoms with Gasteiger partial charge in [0.2, 0.25) is 0 Å². The highest BCUT2D eigenvalue weighted by Crippen LogP contribution is 2.28. The normalized spacial score (nSPS) is 19.9. The number of nitrogens with two attached hydrogens (primary N) is 1. The van der Waals surface area contributed by atoms with Gasteiger partial charge in [0.25, 0.3) is 0 Å². The van der Waals surface area contributed by atoms with E-state index in [-0.39, 0.29) is 0 Å². The van der Waals surface area contributed by atoms with Crippen LogP contribution in [-0.4, -0.2) is 44.2 Å². The predicted molar refractivity (Wildman–Crippen MR) is 73.1 cm³/mol. The second-order valence-electron chi connectivity index (χ2n) is 4.13. The summed E-state index contributed by atoms with van der Waals surface area (Å²) in [7, 11) is 0. The van der Waals surface area contributed by atoms with Gasteiger partial charge in [-0.05, 0) is 28.1 Å². The van der Waals surface area contributed by atoms with Crippen molar-refractivity contribution < 1.29 is 0 Å². The van der Waals surface area contributed by atoms with Crippen LogP contribution >= 0.6 is 27.3 Å². The smallest absolute Gasteiger partial charge is 0.0701 e. The topological polar surface area (TPSA) is 41.3 Å².